The summed E-state index contributed by atoms with van der Waals surface area (Å²) in [5, 5.41) is 3.31. The third-order valence-corrected chi connectivity index (χ3v) is 4.32. The monoisotopic (exact) mass is 278 g/mol. The highest BCUT2D eigenvalue weighted by molar-refractivity contribution is 5.82. The summed E-state index contributed by atoms with van der Waals surface area (Å²) in [5.41, 5.74) is 0.950. The molecule has 3 unspecified atom stereocenters. The summed E-state index contributed by atoms with van der Waals surface area (Å²) in [7, 11) is 1.82. The molecular formula is C16H23FN2O. The molecule has 1 aliphatic rings. The molecule has 3 nitrogen and oxygen atoms in total. The number of amides is 1. The second kappa shape index (κ2) is 6.35. The number of nitrogens with one attached hydrogen (secondary N) is 1. The van der Waals surface area contributed by atoms with Gasteiger partial charge in [0.2, 0.25) is 5.91 Å². The van der Waals surface area contributed by atoms with Gasteiger partial charge >= 0.3 is 0 Å². The van der Waals surface area contributed by atoms with Crippen LogP contribution in [0, 0.1) is 11.7 Å². The van der Waals surface area contributed by atoms with Crippen LogP contribution in [0.4, 0.5) is 4.39 Å². The Balaban J connectivity index is 2.07. The van der Waals surface area contributed by atoms with E-state index in [2.05, 4.69) is 12.2 Å². The fourth-order valence-corrected chi connectivity index (χ4v) is 2.76. The minimum Gasteiger partial charge on any atom is -0.338 e. The maximum atomic E-state index is 13.0. The lowest BCUT2D eigenvalue weighted by molar-refractivity contribution is -0.135. The normalized spacial score (nSPS) is 24.2. The lowest BCUT2D eigenvalue weighted by atomic mass is 9.91. The van der Waals surface area contributed by atoms with Gasteiger partial charge in [-0.2, -0.15) is 0 Å². The molecule has 1 fully saturated rings. The zero-order valence-corrected chi connectivity index (χ0v) is 12.4. The standard InChI is InChI=1S/C16H23FN2O/c1-11-5-4-10-18-15(11)16(20)19(3)12(2)13-6-8-14(17)9-7-13/h6-9,11-12,15,18H,4-5,10H2,1-3H3. The quantitative estimate of drug-likeness (QED) is 0.922. The lowest BCUT2D eigenvalue weighted by Gasteiger charge is -2.35. The van der Waals surface area contributed by atoms with Crippen molar-refractivity contribution < 1.29 is 9.18 Å². The van der Waals surface area contributed by atoms with Gasteiger partial charge in [0.1, 0.15) is 5.82 Å². The average Bonchev–Trinajstić information content (AvgIpc) is 2.46. The molecule has 4 heteroatoms. The van der Waals surface area contributed by atoms with Crippen LogP contribution < -0.4 is 5.32 Å². The molecule has 0 bridgehead atoms. The molecule has 0 radical (unpaired) electrons. The van der Waals surface area contributed by atoms with Crippen molar-refractivity contribution in [2.75, 3.05) is 13.6 Å². The third kappa shape index (κ3) is 3.18. The minimum atomic E-state index is -0.252. The van der Waals surface area contributed by atoms with Gasteiger partial charge in [-0.25, -0.2) is 4.39 Å². The molecule has 1 aromatic rings. The highest BCUT2D eigenvalue weighted by atomic mass is 19.1. The van der Waals surface area contributed by atoms with Crippen LogP contribution in [0.25, 0.3) is 0 Å². The van der Waals surface area contributed by atoms with Crippen molar-refractivity contribution in [2.24, 2.45) is 5.92 Å². The van der Waals surface area contributed by atoms with Crippen LogP contribution in [0.2, 0.25) is 0 Å². The van der Waals surface area contributed by atoms with Crippen LogP contribution in [-0.2, 0) is 4.79 Å². The smallest absolute Gasteiger partial charge is 0.240 e. The van der Waals surface area contributed by atoms with E-state index in [-0.39, 0.29) is 23.8 Å². The van der Waals surface area contributed by atoms with E-state index in [1.54, 1.807) is 17.0 Å². The summed E-state index contributed by atoms with van der Waals surface area (Å²) < 4.78 is 13.0. The van der Waals surface area contributed by atoms with Crippen molar-refractivity contribution in [2.45, 2.75) is 38.8 Å². The van der Waals surface area contributed by atoms with E-state index < -0.39 is 0 Å². The van der Waals surface area contributed by atoms with Crippen LogP contribution in [-0.4, -0.2) is 30.4 Å². The Morgan fingerprint density at radius 2 is 2.05 bits per heavy atom. The van der Waals surface area contributed by atoms with Crippen LogP contribution in [0.3, 0.4) is 0 Å². The molecular weight excluding hydrogens is 255 g/mol. The highest BCUT2D eigenvalue weighted by Gasteiger charge is 2.31. The van der Waals surface area contributed by atoms with E-state index in [0.29, 0.717) is 5.92 Å². The Morgan fingerprint density at radius 1 is 1.40 bits per heavy atom. The SMILES string of the molecule is CC1CCCNC1C(=O)N(C)C(C)c1ccc(F)cc1. The molecule has 3 atom stereocenters. The Labute approximate surface area is 120 Å². The average molecular weight is 278 g/mol. The van der Waals surface area contributed by atoms with E-state index in [4.69, 9.17) is 0 Å². The van der Waals surface area contributed by atoms with Crippen LogP contribution in [0.5, 0.6) is 0 Å². The van der Waals surface area contributed by atoms with Gasteiger partial charge in [0.15, 0.2) is 0 Å². The zero-order valence-electron chi connectivity index (χ0n) is 12.4. The van der Waals surface area contributed by atoms with Crippen molar-refractivity contribution in [3.8, 4) is 0 Å². The topological polar surface area (TPSA) is 32.3 Å². The maximum absolute atomic E-state index is 13.0. The molecule has 110 valence electrons. The fraction of sp³-hybridized carbons (Fsp3) is 0.562. The van der Waals surface area contributed by atoms with Crippen molar-refractivity contribution in [1.82, 2.24) is 10.2 Å². The van der Waals surface area contributed by atoms with Crippen molar-refractivity contribution in [1.29, 1.82) is 0 Å². The Kier molecular flexibility index (Phi) is 4.76. The zero-order chi connectivity index (χ0) is 14.7. The van der Waals surface area contributed by atoms with E-state index >= 15 is 0 Å². The predicted octanol–water partition coefficient (Wildman–Crippen LogP) is 2.73. The van der Waals surface area contributed by atoms with Crippen molar-refractivity contribution in [3.05, 3.63) is 35.6 Å². The van der Waals surface area contributed by atoms with Gasteiger partial charge in [0.25, 0.3) is 0 Å². The summed E-state index contributed by atoms with van der Waals surface area (Å²) in [6.07, 6.45) is 2.21. The fourth-order valence-electron chi connectivity index (χ4n) is 2.76. The summed E-state index contributed by atoms with van der Waals surface area (Å²) in [6.45, 7) is 4.99. The second-order valence-electron chi connectivity index (χ2n) is 5.73. The first-order valence-corrected chi connectivity index (χ1v) is 7.26. The van der Waals surface area contributed by atoms with E-state index in [0.717, 1.165) is 24.9 Å². The molecule has 1 heterocycles. The lowest BCUT2D eigenvalue weighted by Crippen LogP contribution is -2.51. The Morgan fingerprint density at radius 3 is 2.65 bits per heavy atom. The largest absolute Gasteiger partial charge is 0.338 e. The van der Waals surface area contributed by atoms with Crippen molar-refractivity contribution >= 4 is 5.91 Å². The van der Waals surface area contributed by atoms with Gasteiger partial charge in [0, 0.05) is 7.05 Å². The Hall–Kier alpha value is -1.42. The minimum absolute atomic E-state index is 0.0565. The molecule has 0 spiro atoms. The van der Waals surface area contributed by atoms with Gasteiger partial charge in [-0.15, -0.1) is 0 Å². The van der Waals surface area contributed by atoms with E-state index in [1.165, 1.54) is 12.1 Å². The molecule has 1 N–H and O–H groups in total. The number of hydrogen-bond donors (Lipinski definition) is 1. The first kappa shape index (κ1) is 15.0. The first-order valence-electron chi connectivity index (χ1n) is 7.26. The van der Waals surface area contributed by atoms with Crippen LogP contribution in [0.1, 0.15) is 38.3 Å². The molecule has 1 aliphatic heterocycles. The van der Waals surface area contributed by atoms with Crippen LogP contribution in [0.15, 0.2) is 24.3 Å². The second-order valence-corrected chi connectivity index (χ2v) is 5.73. The molecule has 0 saturated carbocycles. The number of rotatable bonds is 3. The summed E-state index contributed by atoms with van der Waals surface area (Å²) in [6, 6.07) is 6.19. The number of carbonyl (C=O) groups excluding carboxylic acids is 1. The third-order valence-electron chi connectivity index (χ3n) is 4.32. The number of likely N-dealkylation sites (N-methyl/N-ethyl adjacent to an activating group) is 1. The van der Waals surface area contributed by atoms with Crippen molar-refractivity contribution in [3.63, 3.8) is 0 Å². The Bertz CT molecular complexity index is 460. The van der Waals surface area contributed by atoms with Gasteiger partial charge < -0.3 is 10.2 Å². The molecule has 1 amide bonds. The van der Waals surface area contributed by atoms with Gasteiger partial charge in [-0.05, 0) is 49.9 Å². The summed E-state index contributed by atoms with van der Waals surface area (Å²) >= 11 is 0. The predicted molar refractivity (Wildman–Crippen MR) is 77.8 cm³/mol. The number of carbonyl (C=O) groups is 1. The molecule has 1 saturated heterocycles. The van der Waals surface area contributed by atoms with Gasteiger partial charge in [0.05, 0.1) is 12.1 Å². The number of benzene rings is 1. The number of nitrogens with zero attached hydrogens (tertiary/aromatic N) is 1. The number of piperidine rings is 1. The maximum Gasteiger partial charge on any atom is 0.240 e. The number of halogens is 1. The molecule has 20 heavy (non-hydrogen) atoms. The summed E-state index contributed by atoms with van der Waals surface area (Å²) in [5.74, 6) is 0.227. The summed E-state index contributed by atoms with van der Waals surface area (Å²) in [4.78, 5) is 14.3. The molecule has 0 aliphatic carbocycles. The van der Waals surface area contributed by atoms with Gasteiger partial charge in [-0.1, -0.05) is 19.1 Å². The molecule has 1 aromatic carbocycles. The van der Waals surface area contributed by atoms with Crippen LogP contribution >= 0.6 is 0 Å². The molecule has 0 aromatic heterocycles. The first-order chi connectivity index (χ1) is 9.50. The van der Waals surface area contributed by atoms with E-state index in [1.807, 2.05) is 14.0 Å². The number of hydrogen-bond acceptors (Lipinski definition) is 2. The van der Waals surface area contributed by atoms with E-state index in [9.17, 15) is 9.18 Å². The molecule has 2 rings (SSSR count). The van der Waals surface area contributed by atoms with Gasteiger partial charge in [-0.3, -0.25) is 4.79 Å². The highest BCUT2D eigenvalue weighted by Crippen LogP contribution is 2.23.